The highest BCUT2D eigenvalue weighted by Gasteiger charge is 2.27. The van der Waals surface area contributed by atoms with Gasteiger partial charge in [-0.05, 0) is 24.3 Å². The second-order valence-corrected chi connectivity index (χ2v) is 4.83. The van der Waals surface area contributed by atoms with Crippen LogP contribution in [0.15, 0.2) is 29.2 Å². The molecule has 0 atom stereocenters. The highest BCUT2D eigenvalue weighted by Crippen LogP contribution is 2.21. The lowest BCUT2D eigenvalue weighted by atomic mass is 10.3. The molecule has 1 N–H and O–H groups in total. The second kappa shape index (κ2) is 7.28. The maximum Gasteiger partial charge on any atom is 0.405 e. The van der Waals surface area contributed by atoms with Crippen LogP contribution in [0.3, 0.4) is 0 Å². The Morgan fingerprint density at radius 2 is 1.95 bits per heavy atom. The average Bonchev–Trinajstić information content (AvgIpc) is 2.36. The van der Waals surface area contributed by atoms with Gasteiger partial charge >= 0.3 is 6.18 Å². The van der Waals surface area contributed by atoms with Gasteiger partial charge in [0.1, 0.15) is 12.3 Å². The third-order valence-corrected chi connectivity index (χ3v) is 3.16. The number of ether oxygens (including phenoxy) is 1. The summed E-state index contributed by atoms with van der Waals surface area (Å²) in [7, 11) is 1.56. The van der Waals surface area contributed by atoms with Gasteiger partial charge in [0.25, 0.3) is 0 Å². The van der Waals surface area contributed by atoms with Gasteiger partial charge in [-0.2, -0.15) is 13.2 Å². The van der Waals surface area contributed by atoms with E-state index in [9.17, 15) is 18.0 Å². The van der Waals surface area contributed by atoms with Crippen LogP contribution in [-0.2, 0) is 4.79 Å². The number of halogens is 3. The van der Waals surface area contributed by atoms with Crippen LogP contribution in [-0.4, -0.2) is 31.5 Å². The van der Waals surface area contributed by atoms with E-state index in [2.05, 4.69) is 0 Å². The van der Waals surface area contributed by atoms with Gasteiger partial charge in [-0.3, -0.25) is 4.79 Å². The summed E-state index contributed by atoms with van der Waals surface area (Å²) in [6, 6.07) is 7.23. The standard InChI is InChI=1S/C12H14F3NO2S/c1-18-9-2-4-10(5-3-9)19-7-6-11(17)16-8-12(13,14)15/h2-5H,6-8H2,1H3,(H,16,17). The Morgan fingerprint density at radius 3 is 2.47 bits per heavy atom. The molecule has 0 unspecified atom stereocenters. The van der Waals surface area contributed by atoms with Gasteiger partial charge in [0.2, 0.25) is 5.91 Å². The first-order valence-corrected chi connectivity index (χ1v) is 6.49. The molecule has 0 spiro atoms. The molecular weight excluding hydrogens is 279 g/mol. The van der Waals surface area contributed by atoms with Crippen LogP contribution < -0.4 is 10.1 Å². The lowest BCUT2D eigenvalue weighted by Crippen LogP contribution is -2.33. The van der Waals surface area contributed by atoms with E-state index >= 15 is 0 Å². The zero-order valence-corrected chi connectivity index (χ0v) is 11.1. The van der Waals surface area contributed by atoms with Crippen molar-refractivity contribution in [3.8, 4) is 5.75 Å². The number of hydrogen-bond acceptors (Lipinski definition) is 3. The summed E-state index contributed by atoms with van der Waals surface area (Å²) >= 11 is 1.40. The summed E-state index contributed by atoms with van der Waals surface area (Å²) in [4.78, 5) is 12.1. The normalized spacial score (nSPS) is 11.2. The zero-order valence-electron chi connectivity index (χ0n) is 10.3. The fourth-order valence-corrected chi connectivity index (χ4v) is 2.07. The molecular formula is C12H14F3NO2S. The molecule has 0 aliphatic rings. The Hall–Kier alpha value is -1.37. The van der Waals surface area contributed by atoms with Crippen LogP contribution in [0.1, 0.15) is 6.42 Å². The number of carbonyl (C=O) groups excluding carboxylic acids is 1. The van der Waals surface area contributed by atoms with Crippen LogP contribution in [0, 0.1) is 0 Å². The number of hydrogen-bond donors (Lipinski definition) is 1. The fraction of sp³-hybridized carbons (Fsp3) is 0.417. The van der Waals surface area contributed by atoms with Crippen molar-refractivity contribution in [2.45, 2.75) is 17.5 Å². The summed E-state index contributed by atoms with van der Waals surface area (Å²) < 4.78 is 40.5. The Kier molecular flexibility index (Phi) is 6.01. The summed E-state index contributed by atoms with van der Waals surface area (Å²) in [6.07, 6.45) is -4.31. The molecule has 1 aromatic rings. The molecule has 1 rings (SSSR count). The third-order valence-electron chi connectivity index (χ3n) is 2.14. The van der Waals surface area contributed by atoms with Crippen LogP contribution in [0.5, 0.6) is 5.75 Å². The Bertz CT molecular complexity index is 406. The number of rotatable bonds is 6. The topological polar surface area (TPSA) is 38.3 Å². The first-order valence-electron chi connectivity index (χ1n) is 5.51. The molecule has 0 aliphatic heterocycles. The molecule has 7 heteroatoms. The minimum Gasteiger partial charge on any atom is -0.497 e. The van der Waals surface area contributed by atoms with E-state index in [0.29, 0.717) is 5.75 Å². The molecule has 0 saturated heterocycles. The van der Waals surface area contributed by atoms with Crippen molar-refractivity contribution in [3.05, 3.63) is 24.3 Å². The van der Waals surface area contributed by atoms with E-state index in [4.69, 9.17) is 4.74 Å². The largest absolute Gasteiger partial charge is 0.497 e. The first-order chi connectivity index (χ1) is 8.90. The molecule has 1 aromatic carbocycles. The summed E-state index contributed by atoms with van der Waals surface area (Å²) in [5, 5.41) is 1.83. The lowest BCUT2D eigenvalue weighted by molar-refractivity contribution is -0.138. The van der Waals surface area contributed by atoms with E-state index in [-0.39, 0.29) is 6.42 Å². The van der Waals surface area contributed by atoms with Gasteiger partial charge in [-0.25, -0.2) is 0 Å². The van der Waals surface area contributed by atoms with E-state index in [1.807, 2.05) is 17.4 Å². The van der Waals surface area contributed by atoms with Crippen LogP contribution in [0.25, 0.3) is 0 Å². The van der Waals surface area contributed by atoms with Crippen molar-refractivity contribution in [2.24, 2.45) is 0 Å². The molecule has 19 heavy (non-hydrogen) atoms. The molecule has 1 amide bonds. The molecule has 0 radical (unpaired) electrons. The minimum absolute atomic E-state index is 0.0484. The number of nitrogens with one attached hydrogen (secondary N) is 1. The van der Waals surface area contributed by atoms with E-state index < -0.39 is 18.6 Å². The first kappa shape index (κ1) is 15.7. The van der Waals surface area contributed by atoms with Gasteiger partial charge < -0.3 is 10.1 Å². The molecule has 0 fully saturated rings. The molecule has 0 saturated carbocycles. The quantitative estimate of drug-likeness (QED) is 0.820. The molecule has 0 aliphatic carbocycles. The van der Waals surface area contributed by atoms with Gasteiger partial charge in [-0.1, -0.05) is 0 Å². The van der Waals surface area contributed by atoms with Gasteiger partial charge in [0.05, 0.1) is 7.11 Å². The van der Waals surface area contributed by atoms with Crippen molar-refractivity contribution in [2.75, 3.05) is 19.4 Å². The second-order valence-electron chi connectivity index (χ2n) is 3.67. The molecule has 0 heterocycles. The van der Waals surface area contributed by atoms with Gasteiger partial charge in [0.15, 0.2) is 0 Å². The number of benzene rings is 1. The maximum absolute atomic E-state index is 11.8. The van der Waals surface area contributed by atoms with Crippen molar-refractivity contribution < 1.29 is 22.7 Å². The number of methoxy groups -OCH3 is 1. The molecule has 0 bridgehead atoms. The number of amides is 1. The Balaban J connectivity index is 2.24. The predicted molar refractivity (Wildman–Crippen MR) is 67.4 cm³/mol. The maximum atomic E-state index is 11.8. The van der Waals surface area contributed by atoms with Crippen molar-refractivity contribution in [1.29, 1.82) is 0 Å². The predicted octanol–water partition coefficient (Wildman–Crippen LogP) is 2.86. The van der Waals surface area contributed by atoms with Crippen molar-refractivity contribution >= 4 is 17.7 Å². The monoisotopic (exact) mass is 293 g/mol. The van der Waals surface area contributed by atoms with E-state index in [1.54, 1.807) is 19.2 Å². The Morgan fingerprint density at radius 1 is 1.32 bits per heavy atom. The fourth-order valence-electron chi connectivity index (χ4n) is 1.22. The van der Waals surface area contributed by atoms with Crippen molar-refractivity contribution in [1.82, 2.24) is 5.32 Å². The highest BCUT2D eigenvalue weighted by molar-refractivity contribution is 7.99. The average molecular weight is 293 g/mol. The SMILES string of the molecule is COc1ccc(SCCC(=O)NCC(F)(F)F)cc1. The van der Waals surface area contributed by atoms with Crippen LogP contribution in [0.2, 0.25) is 0 Å². The summed E-state index contributed by atoms with van der Waals surface area (Å²) in [5.74, 6) is 0.557. The minimum atomic E-state index is -4.36. The highest BCUT2D eigenvalue weighted by atomic mass is 32.2. The number of carbonyl (C=O) groups is 1. The smallest absolute Gasteiger partial charge is 0.405 e. The van der Waals surface area contributed by atoms with Crippen LogP contribution in [0.4, 0.5) is 13.2 Å². The molecule has 0 aromatic heterocycles. The van der Waals surface area contributed by atoms with Gasteiger partial charge in [-0.15, -0.1) is 11.8 Å². The molecule has 3 nitrogen and oxygen atoms in total. The van der Waals surface area contributed by atoms with Crippen molar-refractivity contribution in [3.63, 3.8) is 0 Å². The number of thioether (sulfide) groups is 1. The van der Waals surface area contributed by atoms with Crippen LogP contribution >= 0.6 is 11.8 Å². The Labute approximate surface area is 113 Å². The summed E-state index contributed by atoms with van der Waals surface area (Å²) in [5.41, 5.74) is 0. The van der Waals surface area contributed by atoms with E-state index in [0.717, 1.165) is 10.6 Å². The van der Waals surface area contributed by atoms with Gasteiger partial charge in [0, 0.05) is 17.1 Å². The summed E-state index contributed by atoms with van der Waals surface area (Å²) in [6.45, 7) is -1.28. The van der Waals surface area contributed by atoms with E-state index in [1.165, 1.54) is 11.8 Å². The third kappa shape index (κ3) is 6.95. The lowest BCUT2D eigenvalue weighted by Gasteiger charge is -2.08. The number of alkyl halides is 3. The zero-order chi connectivity index (χ0) is 14.3. The molecule has 106 valence electrons.